The van der Waals surface area contributed by atoms with Gasteiger partial charge in [0.2, 0.25) is 11.1 Å². The molecule has 1 saturated carbocycles. The second kappa shape index (κ2) is 8.00. The maximum atomic E-state index is 13.8. The molecule has 4 rings (SSSR count). The lowest BCUT2D eigenvalue weighted by Crippen LogP contribution is -2.15. The van der Waals surface area contributed by atoms with E-state index < -0.39 is 16.6 Å². The fraction of sp³-hybridized carbons (Fsp3) is 0.211. The standard InChI is InChI=1S/C19H16FN5O3S/c20-15-9-8-14(25(27)28)10-16(15)21-17(26)11-29-19-22-18(12-6-7-12)24(23-19)13-4-2-1-3-5-13/h1-5,8-10,12H,6-7,11H2,(H,21,26). The monoisotopic (exact) mass is 413 g/mol. The van der Waals surface area contributed by atoms with Gasteiger partial charge in [0.1, 0.15) is 11.6 Å². The molecule has 1 aliphatic carbocycles. The van der Waals surface area contributed by atoms with E-state index in [-0.39, 0.29) is 17.1 Å². The Kier molecular flexibility index (Phi) is 5.26. The maximum absolute atomic E-state index is 13.8. The zero-order valence-corrected chi connectivity index (χ0v) is 15.9. The Bertz CT molecular complexity index is 1070. The van der Waals surface area contributed by atoms with E-state index in [1.807, 2.05) is 30.3 Å². The quantitative estimate of drug-likeness (QED) is 0.358. The molecule has 148 valence electrons. The molecule has 3 aromatic rings. The average molecular weight is 413 g/mol. The van der Waals surface area contributed by atoms with Crippen LogP contribution in [0.4, 0.5) is 15.8 Å². The summed E-state index contributed by atoms with van der Waals surface area (Å²) in [6.07, 6.45) is 2.12. The number of carbonyl (C=O) groups excluding carboxylic acids is 1. The first kappa shape index (κ1) is 19.1. The highest BCUT2D eigenvalue weighted by Crippen LogP contribution is 2.40. The van der Waals surface area contributed by atoms with Crippen LogP contribution in [-0.2, 0) is 4.79 Å². The van der Waals surface area contributed by atoms with Crippen LogP contribution in [-0.4, -0.2) is 31.3 Å². The summed E-state index contributed by atoms with van der Waals surface area (Å²) in [6, 6.07) is 12.6. The van der Waals surface area contributed by atoms with Gasteiger partial charge in [-0.25, -0.2) is 14.1 Å². The highest BCUT2D eigenvalue weighted by Gasteiger charge is 2.30. The number of para-hydroxylation sites is 1. The van der Waals surface area contributed by atoms with Gasteiger partial charge in [0.05, 0.1) is 22.1 Å². The number of nitro groups is 1. The molecule has 0 bridgehead atoms. The predicted molar refractivity (Wildman–Crippen MR) is 106 cm³/mol. The van der Waals surface area contributed by atoms with Crippen molar-refractivity contribution in [1.29, 1.82) is 0 Å². The van der Waals surface area contributed by atoms with E-state index in [9.17, 15) is 19.3 Å². The molecule has 0 aliphatic heterocycles. The molecule has 0 unspecified atom stereocenters. The van der Waals surface area contributed by atoms with Crippen molar-refractivity contribution in [2.75, 3.05) is 11.1 Å². The SMILES string of the molecule is O=C(CSc1nc(C2CC2)n(-c2ccccc2)n1)Nc1cc([N+](=O)[O-])ccc1F. The molecule has 8 nitrogen and oxygen atoms in total. The minimum absolute atomic E-state index is 0.0506. The first-order valence-corrected chi connectivity index (χ1v) is 9.89. The Labute approximate surface area is 169 Å². The number of benzene rings is 2. The lowest BCUT2D eigenvalue weighted by Gasteiger charge is -2.05. The summed E-state index contributed by atoms with van der Waals surface area (Å²) in [4.78, 5) is 26.9. The van der Waals surface area contributed by atoms with Crippen molar-refractivity contribution in [3.05, 3.63) is 70.3 Å². The Morgan fingerprint density at radius 2 is 2.03 bits per heavy atom. The number of anilines is 1. The lowest BCUT2D eigenvalue weighted by atomic mass is 10.2. The first-order chi connectivity index (χ1) is 14.0. The molecule has 0 spiro atoms. The van der Waals surface area contributed by atoms with Gasteiger partial charge in [-0.1, -0.05) is 30.0 Å². The van der Waals surface area contributed by atoms with Crippen molar-refractivity contribution in [2.24, 2.45) is 0 Å². The fourth-order valence-corrected chi connectivity index (χ4v) is 3.40. The van der Waals surface area contributed by atoms with Crippen LogP contribution in [0.5, 0.6) is 0 Å². The number of carbonyl (C=O) groups is 1. The first-order valence-electron chi connectivity index (χ1n) is 8.90. The minimum atomic E-state index is -0.739. The van der Waals surface area contributed by atoms with Crippen molar-refractivity contribution < 1.29 is 14.1 Å². The Hall–Kier alpha value is -3.27. The summed E-state index contributed by atoms with van der Waals surface area (Å²) < 4.78 is 15.6. The molecule has 0 atom stereocenters. The van der Waals surface area contributed by atoms with Crippen LogP contribution < -0.4 is 5.32 Å². The summed E-state index contributed by atoms with van der Waals surface area (Å²) in [5.74, 6) is -0.0611. The van der Waals surface area contributed by atoms with E-state index >= 15 is 0 Å². The van der Waals surface area contributed by atoms with Crippen molar-refractivity contribution in [2.45, 2.75) is 23.9 Å². The zero-order chi connectivity index (χ0) is 20.4. The highest BCUT2D eigenvalue weighted by atomic mass is 32.2. The topological polar surface area (TPSA) is 103 Å². The second-order valence-corrected chi connectivity index (χ2v) is 7.47. The number of halogens is 1. The van der Waals surface area contributed by atoms with Gasteiger partial charge in [-0.2, -0.15) is 0 Å². The van der Waals surface area contributed by atoms with E-state index in [0.717, 1.165) is 54.3 Å². The third-order valence-electron chi connectivity index (χ3n) is 4.32. The van der Waals surface area contributed by atoms with E-state index in [1.165, 1.54) is 0 Å². The van der Waals surface area contributed by atoms with Gasteiger partial charge < -0.3 is 5.32 Å². The summed E-state index contributed by atoms with van der Waals surface area (Å²) >= 11 is 1.13. The van der Waals surface area contributed by atoms with Gasteiger partial charge in [0, 0.05) is 18.1 Å². The third kappa shape index (κ3) is 4.43. The fourth-order valence-electron chi connectivity index (χ4n) is 2.77. The number of rotatable bonds is 7. The third-order valence-corrected chi connectivity index (χ3v) is 5.16. The van der Waals surface area contributed by atoms with E-state index in [4.69, 9.17) is 0 Å². The smallest absolute Gasteiger partial charge is 0.271 e. The van der Waals surface area contributed by atoms with Gasteiger partial charge in [0.25, 0.3) is 5.69 Å². The summed E-state index contributed by atoms with van der Waals surface area (Å²) in [5, 5.41) is 18.1. The number of nitrogens with one attached hydrogen (secondary N) is 1. The van der Waals surface area contributed by atoms with E-state index in [2.05, 4.69) is 15.4 Å². The van der Waals surface area contributed by atoms with Crippen LogP contribution in [0.3, 0.4) is 0 Å². The number of non-ortho nitro benzene ring substituents is 1. The molecular weight excluding hydrogens is 397 g/mol. The van der Waals surface area contributed by atoms with Crippen LogP contribution in [0.1, 0.15) is 24.6 Å². The number of nitrogens with zero attached hydrogens (tertiary/aromatic N) is 4. The minimum Gasteiger partial charge on any atom is -0.323 e. The summed E-state index contributed by atoms with van der Waals surface area (Å²) in [5.41, 5.74) is 0.370. The number of nitro benzene ring substituents is 1. The van der Waals surface area contributed by atoms with Crippen LogP contribution in [0.2, 0.25) is 0 Å². The van der Waals surface area contributed by atoms with E-state index in [0.29, 0.717) is 11.1 Å². The molecule has 0 saturated heterocycles. The van der Waals surface area contributed by atoms with Crippen LogP contribution in [0.25, 0.3) is 5.69 Å². The Morgan fingerprint density at radius 1 is 1.28 bits per heavy atom. The summed E-state index contributed by atoms with van der Waals surface area (Å²) in [7, 11) is 0. The van der Waals surface area contributed by atoms with Crippen molar-refractivity contribution in [3.63, 3.8) is 0 Å². The molecule has 1 N–H and O–H groups in total. The van der Waals surface area contributed by atoms with Gasteiger partial charge in [-0.15, -0.1) is 5.10 Å². The molecule has 1 amide bonds. The molecule has 0 radical (unpaired) electrons. The van der Waals surface area contributed by atoms with Gasteiger partial charge in [-0.05, 0) is 31.0 Å². The lowest BCUT2D eigenvalue weighted by molar-refractivity contribution is -0.384. The van der Waals surface area contributed by atoms with Crippen LogP contribution >= 0.6 is 11.8 Å². The maximum Gasteiger partial charge on any atom is 0.271 e. The molecule has 1 aromatic heterocycles. The number of thioether (sulfide) groups is 1. The van der Waals surface area contributed by atoms with Crippen LogP contribution in [0, 0.1) is 15.9 Å². The summed E-state index contributed by atoms with van der Waals surface area (Å²) in [6.45, 7) is 0. The van der Waals surface area contributed by atoms with Crippen molar-refractivity contribution in [1.82, 2.24) is 14.8 Å². The highest BCUT2D eigenvalue weighted by molar-refractivity contribution is 7.99. The Morgan fingerprint density at radius 3 is 2.72 bits per heavy atom. The van der Waals surface area contributed by atoms with Gasteiger partial charge >= 0.3 is 0 Å². The van der Waals surface area contributed by atoms with Gasteiger partial charge in [0.15, 0.2) is 0 Å². The van der Waals surface area contributed by atoms with E-state index in [1.54, 1.807) is 4.68 Å². The molecule has 2 aromatic carbocycles. The van der Waals surface area contributed by atoms with Crippen molar-refractivity contribution in [3.8, 4) is 5.69 Å². The average Bonchev–Trinajstić information content (AvgIpc) is 3.48. The second-order valence-electron chi connectivity index (χ2n) is 6.53. The molecule has 29 heavy (non-hydrogen) atoms. The predicted octanol–water partition coefficient (Wildman–Crippen LogP) is 3.92. The molecule has 1 aliphatic rings. The number of amides is 1. The molecule has 1 heterocycles. The Balaban J connectivity index is 1.45. The largest absolute Gasteiger partial charge is 0.323 e. The molecule has 10 heteroatoms. The zero-order valence-electron chi connectivity index (χ0n) is 15.1. The number of hydrogen-bond donors (Lipinski definition) is 1. The molecule has 1 fully saturated rings. The molecular formula is C19H16FN5O3S. The normalized spacial score (nSPS) is 13.3. The van der Waals surface area contributed by atoms with Crippen LogP contribution in [0.15, 0.2) is 53.7 Å². The van der Waals surface area contributed by atoms with Gasteiger partial charge in [-0.3, -0.25) is 14.9 Å². The number of hydrogen-bond acceptors (Lipinski definition) is 6. The number of aromatic nitrogens is 3. The van der Waals surface area contributed by atoms with Crippen molar-refractivity contribution >= 4 is 29.0 Å².